The molecule has 1 N–H and O–H groups in total. The van der Waals surface area contributed by atoms with Crippen LogP contribution in [0, 0.1) is 11.7 Å². The number of hydrogen-bond acceptors (Lipinski definition) is 5. The number of carbonyl (C=O) groups is 2. The van der Waals surface area contributed by atoms with Crippen LogP contribution >= 0.6 is 11.8 Å². The van der Waals surface area contributed by atoms with Crippen LogP contribution in [0.1, 0.15) is 40.4 Å². The van der Waals surface area contributed by atoms with E-state index in [-0.39, 0.29) is 34.2 Å². The average molecular weight is 545 g/mol. The molecule has 2 aromatic carbocycles. The molecule has 1 heterocycles. The van der Waals surface area contributed by atoms with E-state index in [1.165, 1.54) is 40.9 Å². The highest BCUT2D eigenvalue weighted by Gasteiger charge is 2.40. The molecule has 36 heavy (non-hydrogen) atoms. The summed E-state index contributed by atoms with van der Waals surface area (Å²) in [5.74, 6) is -1.37. The Balaban J connectivity index is 1.56. The van der Waals surface area contributed by atoms with Gasteiger partial charge in [0.2, 0.25) is 5.91 Å². The van der Waals surface area contributed by atoms with E-state index in [1.54, 1.807) is 0 Å². The zero-order valence-corrected chi connectivity index (χ0v) is 20.9. The standard InChI is InChI=1S/C24H24F4N2O4S2/c1-36(33,34)17-4-2-3-15(11-17)23(32)30-9-10-35-13-20(30)22(31)29-21(14-5-6-14)18-8-7-16(12-19(18)25)24(26,27)28/h2-4,7-8,11-12,14,20-21H,5-6,9-10,13H2,1H3,(H,29,31). The maximum absolute atomic E-state index is 14.7. The predicted molar refractivity (Wildman–Crippen MR) is 127 cm³/mol. The molecular weight excluding hydrogens is 520 g/mol. The van der Waals surface area contributed by atoms with E-state index >= 15 is 0 Å². The van der Waals surface area contributed by atoms with Gasteiger partial charge in [0.25, 0.3) is 5.91 Å². The highest BCUT2D eigenvalue weighted by molar-refractivity contribution is 7.99. The van der Waals surface area contributed by atoms with Crippen molar-refractivity contribution in [3.05, 3.63) is 65.0 Å². The summed E-state index contributed by atoms with van der Waals surface area (Å²) in [6.07, 6.45) is -2.29. The first-order chi connectivity index (χ1) is 16.9. The van der Waals surface area contributed by atoms with Gasteiger partial charge in [-0.3, -0.25) is 9.59 Å². The molecule has 0 bridgehead atoms. The number of thioether (sulfide) groups is 1. The van der Waals surface area contributed by atoms with Gasteiger partial charge in [-0.1, -0.05) is 12.1 Å². The third kappa shape index (κ3) is 5.86. The SMILES string of the molecule is CS(=O)(=O)c1cccc(C(=O)N2CCSCC2C(=O)NC(c2ccc(C(F)(F)F)cc2F)C2CC2)c1. The van der Waals surface area contributed by atoms with Crippen molar-refractivity contribution in [3.8, 4) is 0 Å². The Hall–Kier alpha value is -2.60. The Kier molecular flexibility index (Phi) is 7.38. The van der Waals surface area contributed by atoms with Crippen molar-refractivity contribution in [2.45, 2.75) is 36.0 Å². The van der Waals surface area contributed by atoms with E-state index in [9.17, 15) is 35.6 Å². The summed E-state index contributed by atoms with van der Waals surface area (Å²) in [5, 5.41) is 2.77. The first-order valence-electron chi connectivity index (χ1n) is 11.2. The number of nitrogens with zero attached hydrogens (tertiary/aromatic N) is 1. The third-order valence-electron chi connectivity index (χ3n) is 6.26. The number of sulfone groups is 1. The second kappa shape index (κ2) is 10.0. The van der Waals surface area contributed by atoms with Crippen molar-refractivity contribution in [1.29, 1.82) is 0 Å². The molecule has 1 aliphatic carbocycles. The second-order valence-corrected chi connectivity index (χ2v) is 12.1. The molecule has 0 spiro atoms. The monoisotopic (exact) mass is 544 g/mol. The summed E-state index contributed by atoms with van der Waals surface area (Å²) in [6, 6.07) is 6.11. The normalized spacial score (nSPS) is 19.6. The van der Waals surface area contributed by atoms with E-state index in [1.807, 2.05) is 0 Å². The Bertz CT molecular complexity index is 1280. The van der Waals surface area contributed by atoms with Gasteiger partial charge < -0.3 is 10.2 Å². The van der Waals surface area contributed by atoms with Crippen molar-refractivity contribution in [3.63, 3.8) is 0 Å². The lowest BCUT2D eigenvalue weighted by molar-refractivity contribution is -0.137. The molecule has 2 fully saturated rings. The molecule has 1 aliphatic heterocycles. The molecule has 2 aliphatic rings. The zero-order valence-electron chi connectivity index (χ0n) is 19.2. The minimum absolute atomic E-state index is 0.0210. The van der Waals surface area contributed by atoms with Crippen LogP contribution in [0.2, 0.25) is 0 Å². The minimum atomic E-state index is -4.69. The van der Waals surface area contributed by atoms with Gasteiger partial charge in [-0.25, -0.2) is 12.8 Å². The third-order valence-corrected chi connectivity index (χ3v) is 8.39. The summed E-state index contributed by atoms with van der Waals surface area (Å²) in [6.45, 7) is 0.243. The fraction of sp³-hybridized carbons (Fsp3) is 0.417. The van der Waals surface area contributed by atoms with Crippen molar-refractivity contribution in [1.82, 2.24) is 10.2 Å². The van der Waals surface area contributed by atoms with E-state index < -0.39 is 51.3 Å². The molecular formula is C24H24F4N2O4S2. The number of amides is 2. The summed E-state index contributed by atoms with van der Waals surface area (Å²) >= 11 is 1.46. The van der Waals surface area contributed by atoms with Gasteiger partial charge in [0.1, 0.15) is 11.9 Å². The van der Waals surface area contributed by atoms with Crippen molar-refractivity contribution < 1.29 is 35.6 Å². The molecule has 0 aromatic heterocycles. The molecule has 12 heteroatoms. The first kappa shape index (κ1) is 26.5. The lowest BCUT2D eigenvalue weighted by Gasteiger charge is -2.35. The van der Waals surface area contributed by atoms with Gasteiger partial charge in [0, 0.05) is 35.4 Å². The predicted octanol–water partition coefficient (Wildman–Crippen LogP) is 4.07. The number of halogens is 4. The van der Waals surface area contributed by atoms with Crippen LogP contribution in [0.25, 0.3) is 0 Å². The Morgan fingerprint density at radius 1 is 1.14 bits per heavy atom. The van der Waals surface area contributed by atoms with Gasteiger partial charge in [-0.15, -0.1) is 0 Å². The summed E-state index contributed by atoms with van der Waals surface area (Å²) < 4.78 is 77.4. The van der Waals surface area contributed by atoms with Crippen LogP contribution < -0.4 is 5.32 Å². The average Bonchev–Trinajstić information content (AvgIpc) is 3.66. The number of rotatable bonds is 6. The van der Waals surface area contributed by atoms with Crippen molar-refractivity contribution in [2.24, 2.45) is 5.92 Å². The number of hydrogen-bond donors (Lipinski definition) is 1. The fourth-order valence-electron chi connectivity index (χ4n) is 4.17. The zero-order chi connectivity index (χ0) is 26.3. The quantitative estimate of drug-likeness (QED) is 0.555. The van der Waals surface area contributed by atoms with Crippen LogP contribution in [0.5, 0.6) is 0 Å². The molecule has 6 nitrogen and oxygen atoms in total. The summed E-state index contributed by atoms with van der Waals surface area (Å²) in [7, 11) is -3.55. The smallest absolute Gasteiger partial charge is 0.347 e. The highest BCUT2D eigenvalue weighted by atomic mass is 32.2. The van der Waals surface area contributed by atoms with Crippen LogP contribution in [-0.4, -0.2) is 55.5 Å². The number of alkyl halides is 3. The summed E-state index contributed by atoms with van der Waals surface area (Å²) in [5.41, 5.74) is -1.02. The van der Waals surface area contributed by atoms with Gasteiger partial charge in [-0.2, -0.15) is 24.9 Å². The van der Waals surface area contributed by atoms with E-state index in [0.717, 1.165) is 18.4 Å². The number of nitrogens with one attached hydrogen (secondary N) is 1. The fourth-order valence-corrected chi connectivity index (χ4v) is 5.89. The largest absolute Gasteiger partial charge is 0.416 e. The molecule has 1 saturated heterocycles. The van der Waals surface area contributed by atoms with E-state index in [0.29, 0.717) is 24.7 Å². The number of benzene rings is 2. The molecule has 2 amide bonds. The lowest BCUT2D eigenvalue weighted by Crippen LogP contribution is -2.54. The maximum Gasteiger partial charge on any atom is 0.416 e. The van der Waals surface area contributed by atoms with Crippen LogP contribution in [0.15, 0.2) is 47.4 Å². The van der Waals surface area contributed by atoms with Crippen LogP contribution in [0.3, 0.4) is 0 Å². The topological polar surface area (TPSA) is 83.6 Å². The van der Waals surface area contributed by atoms with Gasteiger partial charge >= 0.3 is 6.18 Å². The minimum Gasteiger partial charge on any atom is -0.347 e. The maximum atomic E-state index is 14.7. The van der Waals surface area contributed by atoms with Gasteiger partial charge in [0.05, 0.1) is 16.5 Å². The van der Waals surface area contributed by atoms with Crippen LogP contribution in [-0.2, 0) is 20.8 Å². The Morgan fingerprint density at radius 2 is 1.86 bits per heavy atom. The summed E-state index contributed by atoms with van der Waals surface area (Å²) in [4.78, 5) is 27.9. The van der Waals surface area contributed by atoms with Crippen molar-refractivity contribution in [2.75, 3.05) is 24.3 Å². The molecule has 2 unspecified atom stereocenters. The van der Waals surface area contributed by atoms with E-state index in [2.05, 4.69) is 5.32 Å². The van der Waals surface area contributed by atoms with E-state index in [4.69, 9.17) is 0 Å². The van der Waals surface area contributed by atoms with Crippen molar-refractivity contribution >= 4 is 33.4 Å². The molecule has 194 valence electrons. The lowest BCUT2D eigenvalue weighted by atomic mass is 9.99. The molecule has 1 saturated carbocycles. The second-order valence-electron chi connectivity index (χ2n) is 8.95. The van der Waals surface area contributed by atoms with Gasteiger partial charge in [-0.05, 0) is 49.1 Å². The highest BCUT2D eigenvalue weighted by Crippen LogP contribution is 2.43. The molecule has 0 radical (unpaired) electrons. The van der Waals surface area contributed by atoms with Crippen LogP contribution in [0.4, 0.5) is 17.6 Å². The molecule has 4 rings (SSSR count). The molecule has 2 aromatic rings. The van der Waals surface area contributed by atoms with Gasteiger partial charge in [0.15, 0.2) is 9.84 Å². The first-order valence-corrected chi connectivity index (χ1v) is 14.3. The Labute approximate surface area is 210 Å². The number of carbonyl (C=O) groups excluding carboxylic acids is 2. The molecule has 2 atom stereocenters. The Morgan fingerprint density at radius 3 is 2.47 bits per heavy atom.